The lowest BCUT2D eigenvalue weighted by atomic mass is 9.66. The van der Waals surface area contributed by atoms with Crippen LogP contribution in [0.2, 0.25) is 0 Å². The predicted molar refractivity (Wildman–Crippen MR) is 90.7 cm³/mol. The molecule has 1 aromatic heterocycles. The molecule has 2 N–H and O–H groups in total. The Bertz CT molecular complexity index is 576. The number of nitrogens with one attached hydrogen (secondary N) is 1. The van der Waals surface area contributed by atoms with E-state index >= 15 is 0 Å². The second-order valence-electron chi connectivity index (χ2n) is 7.65. The number of aryl methyl sites for hydroxylation is 2. The van der Waals surface area contributed by atoms with Gasteiger partial charge >= 0.3 is 6.09 Å². The molecule has 1 aliphatic heterocycles. The number of aromatic nitrogens is 2. The number of rotatable bonds is 2. The third-order valence-electron chi connectivity index (χ3n) is 5.15. The number of hydrogen-bond donors (Lipinski definition) is 2. The summed E-state index contributed by atoms with van der Waals surface area (Å²) in [5.74, 6) is 0.579. The zero-order valence-electron chi connectivity index (χ0n) is 15.0. The molecule has 1 aliphatic rings. The lowest BCUT2D eigenvalue weighted by Crippen LogP contribution is -2.68. The molecule has 1 aromatic rings. The number of nitrogens with zero attached hydrogens (tertiary/aromatic N) is 3. The van der Waals surface area contributed by atoms with Crippen molar-refractivity contribution in [2.45, 2.75) is 66.0 Å². The minimum Gasteiger partial charge on any atom is -0.465 e. The normalized spacial score (nSPS) is 25.3. The van der Waals surface area contributed by atoms with Crippen LogP contribution in [0.25, 0.3) is 0 Å². The molecule has 2 unspecified atom stereocenters. The van der Waals surface area contributed by atoms with Crippen LogP contribution in [0.15, 0.2) is 6.07 Å². The Hall–Kier alpha value is -1.85. The van der Waals surface area contributed by atoms with Crippen LogP contribution in [-0.2, 0) is 0 Å². The molecule has 0 bridgehead atoms. The van der Waals surface area contributed by atoms with E-state index in [9.17, 15) is 9.90 Å². The summed E-state index contributed by atoms with van der Waals surface area (Å²) in [6, 6.07) is 1.90. The fourth-order valence-electron chi connectivity index (χ4n) is 3.54. The van der Waals surface area contributed by atoms with Crippen molar-refractivity contribution in [3.8, 4) is 0 Å². The first-order valence-corrected chi connectivity index (χ1v) is 8.15. The molecule has 1 saturated heterocycles. The van der Waals surface area contributed by atoms with Crippen LogP contribution in [0.1, 0.15) is 51.9 Å². The van der Waals surface area contributed by atoms with E-state index in [1.54, 1.807) is 4.90 Å². The fourth-order valence-corrected chi connectivity index (χ4v) is 3.54. The maximum absolute atomic E-state index is 11.8. The molecule has 128 valence electrons. The first kappa shape index (κ1) is 17.5. The molecule has 0 saturated carbocycles. The Labute approximate surface area is 138 Å². The molecule has 2 heterocycles. The van der Waals surface area contributed by atoms with E-state index in [-0.39, 0.29) is 11.5 Å². The van der Waals surface area contributed by atoms with Crippen molar-refractivity contribution in [3.05, 3.63) is 17.5 Å². The predicted octanol–water partition coefficient (Wildman–Crippen LogP) is 3.45. The highest BCUT2D eigenvalue weighted by Crippen LogP contribution is 2.43. The van der Waals surface area contributed by atoms with E-state index in [1.807, 2.05) is 26.8 Å². The molecule has 6 heteroatoms. The summed E-state index contributed by atoms with van der Waals surface area (Å²) >= 11 is 0. The van der Waals surface area contributed by atoms with Gasteiger partial charge in [0.15, 0.2) is 0 Å². The van der Waals surface area contributed by atoms with Crippen molar-refractivity contribution < 1.29 is 9.90 Å². The number of amides is 1. The Morgan fingerprint density at radius 1 is 1.35 bits per heavy atom. The summed E-state index contributed by atoms with van der Waals surface area (Å²) in [5, 5.41) is 13.1. The molecule has 1 fully saturated rings. The number of piperidine rings is 1. The summed E-state index contributed by atoms with van der Waals surface area (Å²) in [6.45, 7) is 12.7. The minimum atomic E-state index is -0.865. The van der Waals surface area contributed by atoms with Gasteiger partial charge in [-0.1, -0.05) is 20.8 Å². The molecule has 6 nitrogen and oxygen atoms in total. The van der Waals surface area contributed by atoms with Crippen LogP contribution in [0.4, 0.5) is 10.7 Å². The quantitative estimate of drug-likeness (QED) is 0.872. The second-order valence-corrected chi connectivity index (χ2v) is 7.65. The van der Waals surface area contributed by atoms with Crippen molar-refractivity contribution in [2.75, 3.05) is 11.9 Å². The fraction of sp³-hybridized carbons (Fsp3) is 0.706. The van der Waals surface area contributed by atoms with Crippen molar-refractivity contribution in [1.29, 1.82) is 0 Å². The van der Waals surface area contributed by atoms with Gasteiger partial charge in [0.1, 0.15) is 0 Å². The van der Waals surface area contributed by atoms with Crippen LogP contribution < -0.4 is 5.32 Å². The second kappa shape index (κ2) is 5.98. The van der Waals surface area contributed by atoms with Gasteiger partial charge in [0.25, 0.3) is 0 Å². The standard InChI is InChI=1S/C17H28N4O2/c1-11-10-12(2)19-14(18-11)20-13-8-7-9-21(15(22)23)17(13,6)16(3,4)5/h10,13H,7-9H2,1-6H3,(H,22,23)(H,18,19,20). The zero-order chi connectivity index (χ0) is 17.4. The van der Waals surface area contributed by atoms with Gasteiger partial charge < -0.3 is 15.3 Å². The van der Waals surface area contributed by atoms with Crippen LogP contribution in [0, 0.1) is 19.3 Å². The maximum atomic E-state index is 11.8. The Morgan fingerprint density at radius 3 is 2.39 bits per heavy atom. The zero-order valence-corrected chi connectivity index (χ0v) is 15.0. The van der Waals surface area contributed by atoms with Crippen molar-refractivity contribution in [3.63, 3.8) is 0 Å². The first-order valence-electron chi connectivity index (χ1n) is 8.15. The van der Waals surface area contributed by atoms with E-state index in [2.05, 4.69) is 36.1 Å². The molecule has 0 radical (unpaired) electrons. The first-order chi connectivity index (χ1) is 10.6. The monoisotopic (exact) mass is 320 g/mol. The molecule has 0 spiro atoms. The molecular weight excluding hydrogens is 292 g/mol. The van der Waals surface area contributed by atoms with E-state index in [0.717, 1.165) is 24.2 Å². The Morgan fingerprint density at radius 2 is 1.91 bits per heavy atom. The van der Waals surface area contributed by atoms with E-state index in [1.165, 1.54) is 0 Å². The third-order valence-corrected chi connectivity index (χ3v) is 5.15. The van der Waals surface area contributed by atoms with Gasteiger partial charge in [-0.05, 0) is 45.1 Å². The highest BCUT2D eigenvalue weighted by atomic mass is 16.4. The van der Waals surface area contributed by atoms with Crippen LogP contribution in [-0.4, -0.2) is 44.2 Å². The van der Waals surface area contributed by atoms with Gasteiger partial charge in [-0.25, -0.2) is 14.8 Å². The van der Waals surface area contributed by atoms with E-state index in [4.69, 9.17) is 0 Å². The maximum Gasteiger partial charge on any atom is 0.407 e. The number of anilines is 1. The molecule has 0 aromatic carbocycles. The van der Waals surface area contributed by atoms with Gasteiger partial charge in [-0.15, -0.1) is 0 Å². The van der Waals surface area contributed by atoms with Crippen LogP contribution in [0.5, 0.6) is 0 Å². The molecule has 2 atom stereocenters. The van der Waals surface area contributed by atoms with Gasteiger partial charge in [-0.3, -0.25) is 0 Å². The number of hydrogen-bond acceptors (Lipinski definition) is 4. The number of likely N-dealkylation sites (tertiary alicyclic amines) is 1. The summed E-state index contributed by atoms with van der Waals surface area (Å²) in [7, 11) is 0. The highest BCUT2D eigenvalue weighted by Gasteiger charge is 2.52. The molecule has 2 rings (SSSR count). The average Bonchev–Trinajstić information content (AvgIpc) is 2.38. The van der Waals surface area contributed by atoms with Gasteiger partial charge in [0, 0.05) is 17.9 Å². The van der Waals surface area contributed by atoms with Crippen LogP contribution >= 0.6 is 0 Å². The smallest absolute Gasteiger partial charge is 0.407 e. The minimum absolute atomic E-state index is 0.0338. The average molecular weight is 320 g/mol. The molecule has 23 heavy (non-hydrogen) atoms. The summed E-state index contributed by atoms with van der Waals surface area (Å²) in [6.07, 6.45) is 0.865. The summed E-state index contributed by atoms with van der Waals surface area (Å²) < 4.78 is 0. The van der Waals surface area contributed by atoms with E-state index in [0.29, 0.717) is 12.5 Å². The lowest BCUT2D eigenvalue weighted by Gasteiger charge is -2.55. The van der Waals surface area contributed by atoms with Gasteiger partial charge in [0.2, 0.25) is 5.95 Å². The van der Waals surface area contributed by atoms with Crippen molar-refractivity contribution >= 4 is 12.0 Å². The number of carboxylic acid groups (broad SMARTS) is 1. The topological polar surface area (TPSA) is 78.4 Å². The van der Waals surface area contributed by atoms with Crippen LogP contribution in [0.3, 0.4) is 0 Å². The van der Waals surface area contributed by atoms with Crippen molar-refractivity contribution in [1.82, 2.24) is 14.9 Å². The third kappa shape index (κ3) is 3.26. The molecule has 1 amide bonds. The summed E-state index contributed by atoms with van der Waals surface area (Å²) in [5.41, 5.74) is 1.05. The lowest BCUT2D eigenvalue weighted by molar-refractivity contribution is -0.0204. The summed E-state index contributed by atoms with van der Waals surface area (Å²) in [4.78, 5) is 22.3. The van der Waals surface area contributed by atoms with E-state index < -0.39 is 11.6 Å². The SMILES string of the molecule is Cc1cc(C)nc(NC2CCCN(C(=O)O)C2(C)C(C)(C)C)n1. The van der Waals surface area contributed by atoms with Crippen molar-refractivity contribution in [2.24, 2.45) is 5.41 Å². The Balaban J connectivity index is 2.39. The van der Waals surface area contributed by atoms with Gasteiger partial charge in [0.05, 0.1) is 11.6 Å². The molecular formula is C17H28N4O2. The number of carbonyl (C=O) groups is 1. The van der Waals surface area contributed by atoms with Gasteiger partial charge in [-0.2, -0.15) is 0 Å². The Kier molecular flexibility index (Phi) is 4.55. The molecule has 0 aliphatic carbocycles. The largest absolute Gasteiger partial charge is 0.465 e. The highest BCUT2D eigenvalue weighted by molar-refractivity contribution is 5.67.